The molecular formula is C25H25Cl2FN4O3. The van der Waals surface area contributed by atoms with Gasteiger partial charge in [-0.2, -0.15) is 0 Å². The van der Waals surface area contributed by atoms with Gasteiger partial charge in [0.1, 0.15) is 23.2 Å². The second kappa shape index (κ2) is 10.7. The second-order valence-corrected chi connectivity index (χ2v) is 9.17. The van der Waals surface area contributed by atoms with E-state index in [4.69, 9.17) is 27.9 Å². The van der Waals surface area contributed by atoms with Crippen LogP contribution in [0.4, 0.5) is 15.8 Å². The fourth-order valence-corrected chi connectivity index (χ4v) is 4.58. The number of aromatic amines is 1. The van der Waals surface area contributed by atoms with Crippen molar-refractivity contribution in [2.45, 2.75) is 13.0 Å². The Morgan fingerprint density at radius 2 is 1.80 bits per heavy atom. The van der Waals surface area contributed by atoms with E-state index in [-0.39, 0.29) is 26.9 Å². The van der Waals surface area contributed by atoms with Crippen LogP contribution in [0.1, 0.15) is 28.9 Å². The maximum atomic E-state index is 13.9. The van der Waals surface area contributed by atoms with Gasteiger partial charge in [-0.1, -0.05) is 23.2 Å². The predicted molar refractivity (Wildman–Crippen MR) is 137 cm³/mol. The minimum absolute atomic E-state index is 0.130. The quantitative estimate of drug-likeness (QED) is 0.450. The Hall–Kier alpha value is -3.07. The van der Waals surface area contributed by atoms with Crippen LogP contribution in [0.5, 0.6) is 5.75 Å². The molecule has 7 nitrogen and oxygen atoms in total. The Morgan fingerprint density at radius 3 is 2.49 bits per heavy atom. The molecule has 10 heteroatoms. The number of likely N-dealkylation sites (N-methyl/N-ethyl adjacent to an activating group) is 1. The van der Waals surface area contributed by atoms with Crippen molar-refractivity contribution < 1.29 is 13.9 Å². The largest absolute Gasteiger partial charge is 0.484 e. The molecule has 184 valence electrons. The molecule has 1 atom stereocenters. The third-order valence-corrected chi connectivity index (χ3v) is 6.63. The molecule has 0 saturated carbocycles. The number of aromatic nitrogens is 1. The van der Waals surface area contributed by atoms with E-state index < -0.39 is 23.4 Å². The predicted octanol–water partition coefficient (Wildman–Crippen LogP) is 4.96. The molecule has 4 rings (SSSR count). The number of amides is 1. The SMILES string of the molecule is C[C@@H](Oc1c[nH]c(=O)c(C(=O)Nc2ccc(N3CCN(C)CC3)cc2)c1)c1c(Cl)ccc(F)c1Cl. The monoisotopic (exact) mass is 518 g/mol. The van der Waals surface area contributed by atoms with Gasteiger partial charge in [0.05, 0.1) is 5.02 Å². The Balaban J connectivity index is 1.46. The second-order valence-electron chi connectivity index (χ2n) is 8.39. The van der Waals surface area contributed by atoms with Crippen molar-refractivity contribution >= 4 is 40.5 Å². The minimum Gasteiger partial charge on any atom is -0.484 e. The average molecular weight is 519 g/mol. The molecule has 3 aromatic rings. The number of H-pyrrole nitrogens is 1. The summed E-state index contributed by atoms with van der Waals surface area (Å²) in [4.78, 5) is 32.2. The normalized spacial score (nSPS) is 15.1. The number of hydrogen-bond acceptors (Lipinski definition) is 5. The topological polar surface area (TPSA) is 77.7 Å². The van der Waals surface area contributed by atoms with Crippen LogP contribution >= 0.6 is 23.2 Å². The summed E-state index contributed by atoms with van der Waals surface area (Å²) >= 11 is 12.2. The molecule has 1 fully saturated rings. The van der Waals surface area contributed by atoms with Crippen LogP contribution < -0.4 is 20.5 Å². The van der Waals surface area contributed by atoms with E-state index in [1.807, 2.05) is 12.1 Å². The maximum absolute atomic E-state index is 13.9. The number of carbonyl (C=O) groups excluding carboxylic acids is 1. The number of hydrogen-bond donors (Lipinski definition) is 2. The van der Waals surface area contributed by atoms with Crippen LogP contribution in [0.15, 0.2) is 53.5 Å². The third-order valence-electron chi connectivity index (χ3n) is 5.91. The van der Waals surface area contributed by atoms with Gasteiger partial charge in [-0.3, -0.25) is 9.59 Å². The van der Waals surface area contributed by atoms with Crippen molar-refractivity contribution in [2.75, 3.05) is 43.4 Å². The van der Waals surface area contributed by atoms with Gasteiger partial charge in [-0.25, -0.2) is 4.39 Å². The van der Waals surface area contributed by atoms with E-state index in [2.05, 4.69) is 27.1 Å². The Kier molecular flexibility index (Phi) is 7.64. The standard InChI is InChI=1S/C25H25Cl2FN4O3/c1-15(22-20(26)7-8-21(28)23(22)27)35-18-13-19(24(33)29-14-18)25(34)30-16-3-5-17(6-4-16)32-11-9-31(2)10-12-32/h3-8,13-15H,9-12H2,1-2H3,(H,29,33)(H,30,34)/t15-/m1/s1. The summed E-state index contributed by atoms with van der Waals surface area (Å²) in [5.41, 5.74) is 1.21. The summed E-state index contributed by atoms with van der Waals surface area (Å²) in [6, 6.07) is 11.4. The van der Waals surface area contributed by atoms with Crippen LogP contribution in [0.3, 0.4) is 0 Å². The van der Waals surface area contributed by atoms with E-state index in [0.29, 0.717) is 5.69 Å². The van der Waals surface area contributed by atoms with Crippen LogP contribution in [0.25, 0.3) is 0 Å². The highest BCUT2D eigenvalue weighted by molar-refractivity contribution is 6.36. The van der Waals surface area contributed by atoms with Gasteiger partial charge < -0.3 is 24.8 Å². The molecule has 1 aliphatic heterocycles. The van der Waals surface area contributed by atoms with Gasteiger partial charge in [0, 0.05) is 60.4 Å². The Labute approximate surface area is 212 Å². The molecule has 2 heterocycles. The summed E-state index contributed by atoms with van der Waals surface area (Å²) in [6.45, 7) is 5.51. The lowest BCUT2D eigenvalue weighted by molar-refractivity contribution is 0.102. The smallest absolute Gasteiger partial charge is 0.261 e. The molecule has 0 radical (unpaired) electrons. The lowest BCUT2D eigenvalue weighted by Crippen LogP contribution is -2.44. The number of piperazine rings is 1. The van der Waals surface area contributed by atoms with Gasteiger partial charge in [-0.15, -0.1) is 0 Å². The molecule has 2 N–H and O–H groups in total. The number of pyridine rings is 1. The van der Waals surface area contributed by atoms with Crippen LogP contribution in [-0.2, 0) is 0 Å². The van der Waals surface area contributed by atoms with E-state index in [1.54, 1.807) is 19.1 Å². The number of anilines is 2. The fraction of sp³-hybridized carbons (Fsp3) is 0.280. The van der Waals surface area contributed by atoms with Crippen molar-refractivity contribution in [3.05, 3.63) is 86.0 Å². The van der Waals surface area contributed by atoms with Crippen LogP contribution in [0.2, 0.25) is 10.0 Å². The first-order valence-corrected chi connectivity index (χ1v) is 11.9. The first-order valence-electron chi connectivity index (χ1n) is 11.1. The van der Waals surface area contributed by atoms with Gasteiger partial charge in [0.25, 0.3) is 11.5 Å². The van der Waals surface area contributed by atoms with E-state index >= 15 is 0 Å². The van der Waals surface area contributed by atoms with Gasteiger partial charge in [0.2, 0.25) is 0 Å². The van der Waals surface area contributed by atoms with Gasteiger partial charge in [0.15, 0.2) is 0 Å². The highest BCUT2D eigenvalue weighted by Crippen LogP contribution is 2.34. The molecule has 0 spiro atoms. The van der Waals surface area contributed by atoms with Crippen molar-refractivity contribution in [3.63, 3.8) is 0 Å². The molecule has 1 aliphatic rings. The number of ether oxygens (including phenoxy) is 1. The molecule has 35 heavy (non-hydrogen) atoms. The Morgan fingerprint density at radius 1 is 1.11 bits per heavy atom. The molecule has 1 amide bonds. The van der Waals surface area contributed by atoms with Crippen molar-refractivity contribution in [1.82, 2.24) is 9.88 Å². The number of nitrogens with one attached hydrogen (secondary N) is 2. The zero-order chi connectivity index (χ0) is 25.1. The molecule has 1 aromatic heterocycles. The molecule has 0 unspecified atom stereocenters. The maximum Gasteiger partial charge on any atom is 0.261 e. The number of carbonyl (C=O) groups is 1. The highest BCUT2D eigenvalue weighted by atomic mass is 35.5. The first-order chi connectivity index (χ1) is 16.7. The molecule has 0 bridgehead atoms. The molecule has 0 aliphatic carbocycles. The first kappa shape index (κ1) is 25.0. The molecule has 2 aromatic carbocycles. The van der Waals surface area contributed by atoms with Crippen molar-refractivity contribution in [2.24, 2.45) is 0 Å². The number of rotatable bonds is 6. The summed E-state index contributed by atoms with van der Waals surface area (Å²) in [5, 5.41) is 2.84. The average Bonchev–Trinajstić information content (AvgIpc) is 2.84. The van der Waals surface area contributed by atoms with E-state index in [0.717, 1.165) is 31.9 Å². The third kappa shape index (κ3) is 5.78. The number of benzene rings is 2. The van der Waals surface area contributed by atoms with Gasteiger partial charge in [-0.05, 0) is 50.4 Å². The summed E-state index contributed by atoms with van der Waals surface area (Å²) < 4.78 is 19.7. The zero-order valence-corrected chi connectivity index (χ0v) is 20.8. The lowest BCUT2D eigenvalue weighted by Gasteiger charge is -2.34. The van der Waals surface area contributed by atoms with Crippen molar-refractivity contribution in [3.8, 4) is 5.75 Å². The summed E-state index contributed by atoms with van der Waals surface area (Å²) in [5.74, 6) is -1.01. The fourth-order valence-electron chi connectivity index (χ4n) is 3.90. The highest BCUT2D eigenvalue weighted by Gasteiger charge is 2.20. The molecule has 1 saturated heterocycles. The Bertz CT molecular complexity index is 1270. The van der Waals surface area contributed by atoms with E-state index in [1.165, 1.54) is 24.4 Å². The zero-order valence-electron chi connectivity index (χ0n) is 19.3. The van der Waals surface area contributed by atoms with E-state index in [9.17, 15) is 14.0 Å². The van der Waals surface area contributed by atoms with Crippen LogP contribution in [0, 0.1) is 5.82 Å². The van der Waals surface area contributed by atoms with Crippen molar-refractivity contribution in [1.29, 1.82) is 0 Å². The summed E-state index contributed by atoms with van der Waals surface area (Å²) in [7, 11) is 2.10. The molecular weight excluding hydrogens is 494 g/mol. The number of halogens is 3. The number of nitrogens with zero attached hydrogens (tertiary/aromatic N) is 2. The summed E-state index contributed by atoms with van der Waals surface area (Å²) in [6.07, 6.45) is 0.580. The van der Waals surface area contributed by atoms with Crippen LogP contribution in [-0.4, -0.2) is 49.0 Å². The minimum atomic E-state index is -0.741. The van der Waals surface area contributed by atoms with Gasteiger partial charge >= 0.3 is 0 Å². The lowest BCUT2D eigenvalue weighted by atomic mass is 10.1.